The number of hydrogen-bond donors (Lipinski definition) is 2. The summed E-state index contributed by atoms with van der Waals surface area (Å²) in [5.74, 6) is -0.315. The molecule has 5 heteroatoms. The Morgan fingerprint density at radius 2 is 2.00 bits per heavy atom. The van der Waals surface area contributed by atoms with Crippen LogP contribution in [0.15, 0.2) is 0 Å². The first-order chi connectivity index (χ1) is 5.89. The van der Waals surface area contributed by atoms with Gasteiger partial charge in [-0.15, -0.1) is 0 Å². The highest BCUT2D eigenvalue weighted by molar-refractivity contribution is 7.81. The molecule has 0 spiro atoms. The Morgan fingerprint density at radius 1 is 1.50 bits per heavy atom. The summed E-state index contributed by atoms with van der Waals surface area (Å²) in [6.45, 7) is 4.33. The highest BCUT2D eigenvalue weighted by Gasteiger charge is 2.14. The molecule has 0 fully saturated rings. The molecule has 0 aliphatic carbocycles. The lowest BCUT2D eigenvalue weighted by Crippen LogP contribution is -3.00. The summed E-state index contributed by atoms with van der Waals surface area (Å²) in [6.07, 6.45) is 1.78. The van der Waals surface area contributed by atoms with E-state index in [2.05, 4.69) is 33.6 Å². The molecular formula is C9H21BrN2OS. The Hall–Kier alpha value is 0.260. The van der Waals surface area contributed by atoms with E-state index in [0.717, 1.165) is 30.4 Å². The molecule has 2 N–H and O–H groups in total. The Balaban J connectivity index is 0. The van der Waals surface area contributed by atoms with Crippen LogP contribution >= 0.6 is 12.6 Å². The number of rotatable bonds is 6. The van der Waals surface area contributed by atoms with Crippen LogP contribution in [0.25, 0.3) is 0 Å². The molecule has 0 aromatic heterocycles. The van der Waals surface area contributed by atoms with Crippen molar-refractivity contribution in [3.63, 3.8) is 0 Å². The van der Waals surface area contributed by atoms with Gasteiger partial charge in [-0.3, -0.25) is 4.79 Å². The molecule has 3 nitrogen and oxygen atoms in total. The number of quaternary nitrogens is 1. The maximum absolute atomic E-state index is 10.7. The van der Waals surface area contributed by atoms with Gasteiger partial charge in [0.2, 0.25) is 5.91 Å². The van der Waals surface area contributed by atoms with Crippen LogP contribution < -0.4 is 22.7 Å². The van der Waals surface area contributed by atoms with Crippen molar-refractivity contribution in [3.05, 3.63) is 0 Å². The zero-order valence-electron chi connectivity index (χ0n) is 9.16. The highest BCUT2D eigenvalue weighted by atomic mass is 79.9. The number of thiol groups is 1. The molecule has 0 aromatic carbocycles. The van der Waals surface area contributed by atoms with Crippen molar-refractivity contribution in [2.75, 3.05) is 27.2 Å². The fourth-order valence-electron chi connectivity index (χ4n) is 1.01. The van der Waals surface area contributed by atoms with Gasteiger partial charge in [0, 0.05) is 0 Å². The van der Waals surface area contributed by atoms with E-state index in [4.69, 9.17) is 5.73 Å². The third kappa shape index (κ3) is 7.64. The second-order valence-corrected chi connectivity index (χ2v) is 4.66. The summed E-state index contributed by atoms with van der Waals surface area (Å²) in [7, 11) is 4.36. The normalized spacial score (nSPS) is 13.1. The van der Waals surface area contributed by atoms with Crippen molar-refractivity contribution < 1.29 is 26.3 Å². The predicted octanol–water partition coefficient (Wildman–Crippen LogP) is -2.35. The van der Waals surface area contributed by atoms with Crippen LogP contribution in [0.4, 0.5) is 0 Å². The lowest BCUT2D eigenvalue weighted by Gasteiger charge is -2.28. The zero-order valence-corrected chi connectivity index (χ0v) is 11.6. The summed E-state index contributed by atoms with van der Waals surface area (Å²) >= 11 is 4.10. The molecule has 0 bridgehead atoms. The van der Waals surface area contributed by atoms with E-state index in [9.17, 15) is 4.79 Å². The molecular weight excluding hydrogens is 264 g/mol. The summed E-state index contributed by atoms with van der Waals surface area (Å²) in [5, 5.41) is -0.281. The van der Waals surface area contributed by atoms with Gasteiger partial charge in [0.15, 0.2) is 0 Å². The van der Waals surface area contributed by atoms with Crippen LogP contribution in [0.5, 0.6) is 0 Å². The third-order valence-corrected chi connectivity index (χ3v) is 2.94. The molecule has 0 aliphatic heterocycles. The van der Waals surface area contributed by atoms with Gasteiger partial charge in [0.1, 0.15) is 0 Å². The van der Waals surface area contributed by atoms with Crippen LogP contribution in [0, 0.1) is 0 Å². The highest BCUT2D eigenvalue weighted by Crippen LogP contribution is 2.07. The molecule has 1 unspecified atom stereocenters. The minimum absolute atomic E-state index is 0. The van der Waals surface area contributed by atoms with Crippen LogP contribution in [0.1, 0.15) is 19.8 Å². The molecule has 14 heavy (non-hydrogen) atoms. The Kier molecular flexibility index (Phi) is 8.98. The van der Waals surface area contributed by atoms with Crippen molar-refractivity contribution in [3.8, 4) is 0 Å². The first-order valence-electron chi connectivity index (χ1n) is 4.68. The molecule has 0 saturated heterocycles. The minimum Gasteiger partial charge on any atom is -1.00 e. The summed E-state index contributed by atoms with van der Waals surface area (Å²) in [6, 6.07) is 0. The van der Waals surface area contributed by atoms with Crippen molar-refractivity contribution in [1.29, 1.82) is 0 Å². The number of carbonyl (C=O) groups is 1. The molecule has 0 rings (SSSR count). The van der Waals surface area contributed by atoms with E-state index in [0.29, 0.717) is 0 Å². The van der Waals surface area contributed by atoms with Gasteiger partial charge in [-0.05, 0) is 19.8 Å². The number of halogens is 1. The van der Waals surface area contributed by atoms with Crippen molar-refractivity contribution in [2.24, 2.45) is 5.73 Å². The molecule has 86 valence electrons. The Bertz CT molecular complexity index is 176. The minimum atomic E-state index is -0.315. The van der Waals surface area contributed by atoms with E-state index < -0.39 is 0 Å². The van der Waals surface area contributed by atoms with Crippen molar-refractivity contribution in [1.82, 2.24) is 0 Å². The topological polar surface area (TPSA) is 43.1 Å². The van der Waals surface area contributed by atoms with E-state index in [1.54, 1.807) is 0 Å². The van der Waals surface area contributed by atoms with E-state index in [-0.39, 0.29) is 28.1 Å². The van der Waals surface area contributed by atoms with Gasteiger partial charge in [-0.25, -0.2) is 0 Å². The Labute approximate surface area is 103 Å². The SMILES string of the molecule is CC[N+](C)(C)CCCC(S)C(N)=O.[Br-]. The number of hydrogen-bond acceptors (Lipinski definition) is 2. The van der Waals surface area contributed by atoms with E-state index in [1.807, 2.05) is 0 Å². The maximum atomic E-state index is 10.7. The van der Waals surface area contributed by atoms with E-state index in [1.165, 1.54) is 0 Å². The lowest BCUT2D eigenvalue weighted by molar-refractivity contribution is -0.888. The van der Waals surface area contributed by atoms with Crippen molar-refractivity contribution >= 4 is 18.5 Å². The van der Waals surface area contributed by atoms with Crippen LogP contribution in [-0.4, -0.2) is 42.8 Å². The average Bonchev–Trinajstić information content (AvgIpc) is 2.04. The van der Waals surface area contributed by atoms with Gasteiger partial charge < -0.3 is 27.2 Å². The first-order valence-corrected chi connectivity index (χ1v) is 5.20. The standard InChI is InChI=1S/C9H20N2OS.BrH/c1-4-11(2,3)7-5-6-8(13)9(10)12;/h8H,4-7H2,1-3H3,(H2-,10,12,13);1H. The van der Waals surface area contributed by atoms with Crippen LogP contribution in [0.2, 0.25) is 0 Å². The second-order valence-electron chi connectivity index (χ2n) is 4.04. The van der Waals surface area contributed by atoms with Crippen LogP contribution in [0.3, 0.4) is 0 Å². The molecule has 0 aromatic rings. The first kappa shape index (κ1) is 16.7. The van der Waals surface area contributed by atoms with Crippen LogP contribution in [-0.2, 0) is 4.79 Å². The van der Waals surface area contributed by atoms with Gasteiger partial charge in [0.25, 0.3) is 0 Å². The molecule has 1 amide bonds. The average molecular weight is 285 g/mol. The number of nitrogens with zero attached hydrogens (tertiary/aromatic N) is 1. The summed E-state index contributed by atoms with van der Waals surface area (Å²) in [4.78, 5) is 10.7. The lowest BCUT2D eigenvalue weighted by atomic mass is 10.2. The Morgan fingerprint density at radius 3 is 2.36 bits per heavy atom. The van der Waals surface area contributed by atoms with Crippen molar-refractivity contribution in [2.45, 2.75) is 25.0 Å². The molecule has 1 atom stereocenters. The molecule has 0 aliphatic rings. The monoisotopic (exact) mass is 284 g/mol. The number of carbonyl (C=O) groups excluding carboxylic acids is 1. The summed E-state index contributed by atoms with van der Waals surface area (Å²) in [5.41, 5.74) is 5.10. The van der Waals surface area contributed by atoms with E-state index >= 15 is 0 Å². The number of primary amides is 1. The van der Waals surface area contributed by atoms with Gasteiger partial charge in [-0.2, -0.15) is 12.6 Å². The van der Waals surface area contributed by atoms with Gasteiger partial charge >= 0.3 is 0 Å². The number of nitrogens with two attached hydrogens (primary N) is 1. The smallest absolute Gasteiger partial charge is 0.230 e. The maximum Gasteiger partial charge on any atom is 0.230 e. The molecule has 0 radical (unpaired) electrons. The summed E-state index contributed by atoms with van der Waals surface area (Å²) < 4.78 is 0.985. The predicted molar refractivity (Wildman–Crippen MR) is 58.7 cm³/mol. The largest absolute Gasteiger partial charge is 1.00 e. The fraction of sp³-hybridized carbons (Fsp3) is 0.889. The zero-order chi connectivity index (χ0) is 10.5. The molecule has 0 heterocycles. The van der Waals surface area contributed by atoms with Gasteiger partial charge in [0.05, 0.1) is 32.4 Å². The molecule has 0 saturated carbocycles. The third-order valence-electron chi connectivity index (χ3n) is 2.43. The number of amides is 1. The quantitative estimate of drug-likeness (QED) is 0.416. The second kappa shape index (κ2) is 7.54. The fourth-order valence-corrected chi connectivity index (χ4v) is 1.20. The van der Waals surface area contributed by atoms with Gasteiger partial charge in [-0.1, -0.05) is 0 Å².